The number of carbonyl (C=O) groups excluding carboxylic acids is 1. The zero-order chi connectivity index (χ0) is 28.1. The molecule has 0 bridgehead atoms. The fourth-order valence-corrected chi connectivity index (χ4v) is 5.84. The number of hydrogen-bond acceptors (Lipinski definition) is 7. The third-order valence-corrected chi connectivity index (χ3v) is 8.22. The van der Waals surface area contributed by atoms with Crippen LogP contribution >= 0.6 is 0 Å². The van der Waals surface area contributed by atoms with Crippen LogP contribution in [0.1, 0.15) is 31.2 Å². The fourth-order valence-electron chi connectivity index (χ4n) is 5.84. The number of carbonyl (C=O) groups is 1. The lowest BCUT2D eigenvalue weighted by Gasteiger charge is -2.37. The third-order valence-electron chi connectivity index (χ3n) is 8.22. The van der Waals surface area contributed by atoms with Gasteiger partial charge in [0, 0.05) is 70.5 Å². The van der Waals surface area contributed by atoms with Crippen molar-refractivity contribution >= 4 is 28.9 Å². The highest BCUT2D eigenvalue weighted by Gasteiger charge is 2.34. The molecule has 3 saturated heterocycles. The zero-order valence-electron chi connectivity index (χ0n) is 22.5. The molecule has 4 heterocycles. The van der Waals surface area contributed by atoms with Gasteiger partial charge in [0.2, 0.25) is 11.9 Å². The number of rotatable bonds is 6. The molecule has 2 N–H and O–H groups in total. The van der Waals surface area contributed by atoms with Gasteiger partial charge in [0.15, 0.2) is 5.69 Å². The van der Waals surface area contributed by atoms with Crippen LogP contribution in [0.25, 0.3) is 4.85 Å². The SMILES string of the molecule is [C-]#[N+]c1ccc(N2CCC(C(=O)Nc3ncc(N4CCC(CN5CCNCC5)CC4)cn3)CC2)cc1C(F)(F)F. The van der Waals surface area contributed by atoms with Gasteiger partial charge in [-0.2, -0.15) is 13.2 Å². The first kappa shape index (κ1) is 28.1. The summed E-state index contributed by atoms with van der Waals surface area (Å²) < 4.78 is 40.1. The van der Waals surface area contributed by atoms with E-state index in [1.807, 2.05) is 4.90 Å². The molecular formula is C28H35F3N8O. The second-order valence-electron chi connectivity index (χ2n) is 10.8. The number of piperazine rings is 1. The maximum atomic E-state index is 13.4. The van der Waals surface area contributed by atoms with Crippen molar-refractivity contribution in [1.82, 2.24) is 20.2 Å². The maximum Gasteiger partial charge on any atom is 0.407 e. The molecule has 12 heteroatoms. The van der Waals surface area contributed by atoms with Crippen LogP contribution in [0.4, 0.5) is 36.2 Å². The number of amides is 1. The summed E-state index contributed by atoms with van der Waals surface area (Å²) in [6.45, 7) is 15.4. The molecule has 3 fully saturated rings. The Bertz CT molecular complexity index is 1190. The summed E-state index contributed by atoms with van der Waals surface area (Å²) in [4.78, 5) is 31.3. The molecule has 40 heavy (non-hydrogen) atoms. The summed E-state index contributed by atoms with van der Waals surface area (Å²) in [7, 11) is 0. The van der Waals surface area contributed by atoms with Crippen LogP contribution in [0.3, 0.4) is 0 Å². The molecule has 0 aliphatic carbocycles. The van der Waals surface area contributed by atoms with Gasteiger partial charge >= 0.3 is 6.18 Å². The number of benzene rings is 1. The largest absolute Gasteiger partial charge is 0.407 e. The molecule has 0 unspecified atom stereocenters. The van der Waals surface area contributed by atoms with Crippen molar-refractivity contribution in [3.05, 3.63) is 47.6 Å². The highest BCUT2D eigenvalue weighted by Crippen LogP contribution is 2.39. The highest BCUT2D eigenvalue weighted by molar-refractivity contribution is 5.91. The topological polar surface area (TPSA) is 81.0 Å². The standard InChI is InChI=1S/C28H35F3N8O/c1-32-25-3-2-22(16-24(25)28(29,30)31)38-12-6-21(7-13-38)26(40)36-27-34-17-23(18-35-27)39-10-4-20(5-11-39)19-37-14-8-33-9-15-37/h2-3,16-18,20-21,33H,4-15,19H2,(H,34,35,36,40). The van der Waals surface area contributed by atoms with E-state index < -0.39 is 17.4 Å². The Morgan fingerprint density at radius 3 is 2.23 bits per heavy atom. The normalized spacial score (nSPS) is 19.9. The quantitative estimate of drug-likeness (QED) is 0.521. The lowest BCUT2D eigenvalue weighted by atomic mass is 9.95. The Balaban J connectivity index is 1.08. The van der Waals surface area contributed by atoms with Gasteiger partial charge < -0.3 is 20.0 Å². The van der Waals surface area contributed by atoms with E-state index in [-0.39, 0.29) is 17.8 Å². The predicted octanol–water partition coefficient (Wildman–Crippen LogP) is 4.02. The minimum absolute atomic E-state index is 0.180. The first-order valence-electron chi connectivity index (χ1n) is 13.9. The minimum atomic E-state index is -4.59. The van der Waals surface area contributed by atoms with Crippen molar-refractivity contribution < 1.29 is 18.0 Å². The lowest BCUT2D eigenvalue weighted by Crippen LogP contribution is -2.46. The number of anilines is 3. The van der Waals surface area contributed by atoms with E-state index in [4.69, 9.17) is 6.57 Å². The van der Waals surface area contributed by atoms with E-state index in [0.717, 1.165) is 63.9 Å². The van der Waals surface area contributed by atoms with Crippen molar-refractivity contribution in [3.63, 3.8) is 0 Å². The molecule has 1 aromatic heterocycles. The van der Waals surface area contributed by atoms with Crippen molar-refractivity contribution in [2.45, 2.75) is 31.9 Å². The predicted molar refractivity (Wildman–Crippen MR) is 148 cm³/mol. The van der Waals surface area contributed by atoms with Crippen molar-refractivity contribution in [2.24, 2.45) is 11.8 Å². The number of piperidine rings is 2. The monoisotopic (exact) mass is 556 g/mol. The molecule has 3 aliphatic heterocycles. The second kappa shape index (κ2) is 12.4. The summed E-state index contributed by atoms with van der Waals surface area (Å²) in [6, 6.07) is 3.77. The molecule has 1 aromatic carbocycles. The molecule has 9 nitrogen and oxygen atoms in total. The van der Waals surface area contributed by atoms with Gasteiger partial charge in [0.25, 0.3) is 0 Å². The van der Waals surface area contributed by atoms with Gasteiger partial charge in [-0.1, -0.05) is 6.07 Å². The van der Waals surface area contributed by atoms with Crippen LogP contribution in [-0.2, 0) is 11.0 Å². The molecule has 214 valence electrons. The first-order chi connectivity index (χ1) is 19.3. The van der Waals surface area contributed by atoms with Crippen molar-refractivity contribution in [1.29, 1.82) is 0 Å². The first-order valence-corrected chi connectivity index (χ1v) is 13.9. The van der Waals surface area contributed by atoms with Gasteiger partial charge in [-0.3, -0.25) is 10.1 Å². The third kappa shape index (κ3) is 6.82. The summed E-state index contributed by atoms with van der Waals surface area (Å²) in [5, 5.41) is 6.20. The molecular weight excluding hydrogens is 521 g/mol. The summed E-state index contributed by atoms with van der Waals surface area (Å²) >= 11 is 0. The summed E-state index contributed by atoms with van der Waals surface area (Å²) in [6.07, 6.45) is 2.20. The Morgan fingerprint density at radius 1 is 0.975 bits per heavy atom. The average Bonchev–Trinajstić information content (AvgIpc) is 2.98. The minimum Gasteiger partial charge on any atom is -0.372 e. The lowest BCUT2D eigenvalue weighted by molar-refractivity contribution is -0.136. The van der Waals surface area contributed by atoms with Crippen LogP contribution in [-0.4, -0.2) is 79.7 Å². The maximum absolute atomic E-state index is 13.4. The van der Waals surface area contributed by atoms with Gasteiger partial charge in [-0.25, -0.2) is 14.8 Å². The molecule has 5 rings (SSSR count). The molecule has 0 atom stereocenters. The number of alkyl halides is 3. The molecule has 2 aromatic rings. The van der Waals surface area contributed by atoms with Gasteiger partial charge in [-0.05, 0) is 43.7 Å². The number of nitrogens with one attached hydrogen (secondary N) is 2. The molecule has 0 saturated carbocycles. The Kier molecular flexibility index (Phi) is 8.71. The van der Waals surface area contributed by atoms with Crippen LogP contribution in [0.5, 0.6) is 0 Å². The zero-order valence-corrected chi connectivity index (χ0v) is 22.5. The van der Waals surface area contributed by atoms with Gasteiger partial charge in [-0.15, -0.1) is 0 Å². The number of nitrogens with zero attached hydrogens (tertiary/aromatic N) is 6. The molecule has 0 radical (unpaired) electrons. The Morgan fingerprint density at radius 2 is 1.60 bits per heavy atom. The van der Waals surface area contributed by atoms with Crippen LogP contribution in [0, 0.1) is 18.4 Å². The van der Waals surface area contributed by atoms with E-state index in [9.17, 15) is 18.0 Å². The van der Waals surface area contributed by atoms with E-state index >= 15 is 0 Å². The Hall–Kier alpha value is -3.43. The summed E-state index contributed by atoms with van der Waals surface area (Å²) in [5.41, 5.74) is 0.0200. The smallest absolute Gasteiger partial charge is 0.372 e. The van der Waals surface area contributed by atoms with Crippen LogP contribution < -0.4 is 20.4 Å². The van der Waals surface area contributed by atoms with Crippen molar-refractivity contribution in [3.8, 4) is 0 Å². The number of halogens is 3. The van der Waals surface area contributed by atoms with Gasteiger partial charge in [0.1, 0.15) is 0 Å². The van der Waals surface area contributed by atoms with E-state index in [1.165, 1.54) is 18.7 Å². The van der Waals surface area contributed by atoms with E-state index in [2.05, 4.69) is 35.2 Å². The second-order valence-corrected chi connectivity index (χ2v) is 10.8. The molecule has 0 spiro atoms. The average molecular weight is 557 g/mol. The van der Waals surface area contributed by atoms with Crippen molar-refractivity contribution in [2.75, 3.05) is 74.0 Å². The van der Waals surface area contributed by atoms with Gasteiger partial charge in [0.05, 0.1) is 30.2 Å². The number of hydrogen-bond donors (Lipinski definition) is 2. The summed E-state index contributed by atoms with van der Waals surface area (Å²) in [5.74, 6) is 0.513. The highest BCUT2D eigenvalue weighted by atomic mass is 19.4. The molecule has 3 aliphatic rings. The Labute approximate surface area is 232 Å². The van der Waals surface area contributed by atoms with Crippen LogP contribution in [0.2, 0.25) is 0 Å². The number of aromatic nitrogens is 2. The van der Waals surface area contributed by atoms with E-state index in [0.29, 0.717) is 37.5 Å². The van der Waals surface area contributed by atoms with E-state index in [1.54, 1.807) is 12.4 Å². The molecule has 1 amide bonds. The fraction of sp³-hybridized carbons (Fsp3) is 0.571. The van der Waals surface area contributed by atoms with Crippen LogP contribution in [0.15, 0.2) is 30.6 Å².